The normalized spacial score (nSPS) is 10.5. The second kappa shape index (κ2) is 5.50. The van der Waals surface area contributed by atoms with Crippen LogP contribution in [0, 0.1) is 0 Å². The molecule has 90 valence electrons. The fraction of sp³-hybridized carbons (Fsp3) is 0.308. The maximum absolute atomic E-state index is 5.30. The number of hydrogen-bond donors (Lipinski definition) is 1. The van der Waals surface area contributed by atoms with Crippen LogP contribution in [0.1, 0.15) is 11.4 Å². The summed E-state index contributed by atoms with van der Waals surface area (Å²) in [7, 11) is 3.69. The van der Waals surface area contributed by atoms with Gasteiger partial charge >= 0.3 is 0 Å². The average Bonchev–Trinajstić information content (AvgIpc) is 2.76. The van der Waals surface area contributed by atoms with E-state index in [0.717, 1.165) is 30.2 Å². The number of rotatable bonds is 5. The third kappa shape index (κ3) is 2.85. The van der Waals surface area contributed by atoms with Crippen LogP contribution in [0.3, 0.4) is 0 Å². The summed E-state index contributed by atoms with van der Waals surface area (Å²) in [6.45, 7) is 1.53. The van der Waals surface area contributed by atoms with E-state index in [1.54, 1.807) is 13.3 Å². The van der Waals surface area contributed by atoms with Crippen LogP contribution >= 0.6 is 0 Å². The third-order valence-electron chi connectivity index (χ3n) is 2.71. The highest BCUT2D eigenvalue weighted by molar-refractivity contribution is 5.32. The molecule has 0 saturated heterocycles. The molecule has 1 heterocycles. The van der Waals surface area contributed by atoms with Gasteiger partial charge in [0.25, 0.3) is 0 Å². The van der Waals surface area contributed by atoms with E-state index in [4.69, 9.17) is 4.74 Å². The monoisotopic (exact) mass is 231 g/mol. The second-order valence-corrected chi connectivity index (χ2v) is 3.87. The first-order chi connectivity index (χ1) is 8.31. The van der Waals surface area contributed by atoms with Crippen LogP contribution in [0.25, 0.3) is 0 Å². The van der Waals surface area contributed by atoms with Crippen LogP contribution in [-0.2, 0) is 20.1 Å². The zero-order valence-corrected chi connectivity index (χ0v) is 10.2. The summed E-state index contributed by atoms with van der Waals surface area (Å²) in [6.07, 6.45) is 3.75. The Bertz CT molecular complexity index is 479. The molecular weight excluding hydrogens is 214 g/mol. The number of benzene rings is 1. The van der Waals surface area contributed by atoms with Crippen molar-refractivity contribution < 1.29 is 4.74 Å². The summed E-state index contributed by atoms with van der Waals surface area (Å²) in [5, 5.41) is 3.36. The quantitative estimate of drug-likeness (QED) is 0.851. The molecule has 4 heteroatoms. The molecule has 1 N–H and O–H groups in total. The van der Waals surface area contributed by atoms with E-state index >= 15 is 0 Å². The Morgan fingerprint density at radius 2 is 2.12 bits per heavy atom. The van der Waals surface area contributed by atoms with Gasteiger partial charge in [-0.15, -0.1) is 0 Å². The molecule has 0 amide bonds. The summed E-state index contributed by atoms with van der Waals surface area (Å²) < 4.78 is 7.31. The molecule has 0 saturated carbocycles. The number of aromatic nitrogens is 2. The largest absolute Gasteiger partial charge is 0.496 e. The lowest BCUT2D eigenvalue weighted by Gasteiger charge is -2.09. The highest BCUT2D eigenvalue weighted by atomic mass is 16.5. The highest BCUT2D eigenvalue weighted by Crippen LogP contribution is 2.16. The van der Waals surface area contributed by atoms with Gasteiger partial charge < -0.3 is 14.6 Å². The molecule has 0 radical (unpaired) electrons. The first-order valence-corrected chi connectivity index (χ1v) is 5.60. The maximum Gasteiger partial charge on any atom is 0.123 e. The van der Waals surface area contributed by atoms with E-state index in [1.807, 2.05) is 36.0 Å². The molecule has 17 heavy (non-hydrogen) atoms. The summed E-state index contributed by atoms with van der Waals surface area (Å²) in [6, 6.07) is 8.02. The van der Waals surface area contributed by atoms with Crippen LogP contribution in [0.15, 0.2) is 36.7 Å². The van der Waals surface area contributed by atoms with Crippen molar-refractivity contribution >= 4 is 0 Å². The SMILES string of the molecule is COc1ccccc1CNCc1nccn1C. The molecular formula is C13H17N3O. The molecule has 0 aliphatic heterocycles. The average molecular weight is 231 g/mol. The smallest absolute Gasteiger partial charge is 0.123 e. The predicted molar refractivity (Wildman–Crippen MR) is 66.7 cm³/mol. The van der Waals surface area contributed by atoms with Crippen molar-refractivity contribution in [3.8, 4) is 5.75 Å². The molecule has 0 atom stereocenters. The predicted octanol–water partition coefficient (Wildman–Crippen LogP) is 1.72. The van der Waals surface area contributed by atoms with E-state index in [0.29, 0.717) is 0 Å². The fourth-order valence-electron chi connectivity index (χ4n) is 1.72. The summed E-state index contributed by atoms with van der Waals surface area (Å²) in [5.41, 5.74) is 1.16. The van der Waals surface area contributed by atoms with Crippen LogP contribution in [0.4, 0.5) is 0 Å². The molecule has 0 bridgehead atoms. The van der Waals surface area contributed by atoms with E-state index in [2.05, 4.69) is 16.4 Å². The number of ether oxygens (including phenoxy) is 1. The molecule has 4 nitrogen and oxygen atoms in total. The molecule has 0 fully saturated rings. The standard InChI is InChI=1S/C13H17N3O/c1-16-8-7-15-13(16)10-14-9-11-5-3-4-6-12(11)17-2/h3-8,14H,9-10H2,1-2H3. The van der Waals surface area contributed by atoms with Gasteiger partial charge in [0.15, 0.2) is 0 Å². The van der Waals surface area contributed by atoms with Crippen LogP contribution in [-0.4, -0.2) is 16.7 Å². The number of imidazole rings is 1. The van der Waals surface area contributed by atoms with Gasteiger partial charge in [-0.3, -0.25) is 0 Å². The Kier molecular flexibility index (Phi) is 3.77. The molecule has 0 unspecified atom stereocenters. The van der Waals surface area contributed by atoms with Crippen LogP contribution in [0.5, 0.6) is 5.75 Å². The molecule has 0 spiro atoms. The van der Waals surface area contributed by atoms with Crippen molar-refractivity contribution in [3.05, 3.63) is 48.0 Å². The molecule has 1 aromatic heterocycles. The summed E-state index contributed by atoms with van der Waals surface area (Å²) >= 11 is 0. The molecule has 2 aromatic rings. The topological polar surface area (TPSA) is 39.1 Å². The zero-order valence-electron chi connectivity index (χ0n) is 10.2. The third-order valence-corrected chi connectivity index (χ3v) is 2.71. The lowest BCUT2D eigenvalue weighted by molar-refractivity contribution is 0.407. The number of methoxy groups -OCH3 is 1. The van der Waals surface area contributed by atoms with Gasteiger partial charge in [-0.05, 0) is 6.07 Å². The van der Waals surface area contributed by atoms with Gasteiger partial charge in [-0.1, -0.05) is 18.2 Å². The van der Waals surface area contributed by atoms with Crippen LogP contribution < -0.4 is 10.1 Å². The number of nitrogens with one attached hydrogen (secondary N) is 1. The minimum Gasteiger partial charge on any atom is -0.496 e. The van der Waals surface area contributed by atoms with Gasteiger partial charge in [0.2, 0.25) is 0 Å². The Labute approximate surface area is 101 Å². The van der Waals surface area contributed by atoms with E-state index in [1.165, 1.54) is 0 Å². The first kappa shape index (κ1) is 11.7. The lowest BCUT2D eigenvalue weighted by atomic mass is 10.2. The summed E-state index contributed by atoms with van der Waals surface area (Å²) in [5.74, 6) is 1.94. The van der Waals surface area contributed by atoms with E-state index in [-0.39, 0.29) is 0 Å². The molecule has 0 aliphatic carbocycles. The maximum atomic E-state index is 5.30. The van der Waals surface area contributed by atoms with Crippen molar-refractivity contribution in [3.63, 3.8) is 0 Å². The van der Waals surface area contributed by atoms with Crippen molar-refractivity contribution in [1.82, 2.24) is 14.9 Å². The fourth-order valence-corrected chi connectivity index (χ4v) is 1.72. The minimum atomic E-state index is 0.752. The van der Waals surface area contributed by atoms with Crippen LogP contribution in [0.2, 0.25) is 0 Å². The van der Waals surface area contributed by atoms with Gasteiger partial charge in [0, 0.05) is 31.5 Å². The minimum absolute atomic E-state index is 0.752. The van der Waals surface area contributed by atoms with Gasteiger partial charge in [-0.25, -0.2) is 4.98 Å². The second-order valence-electron chi connectivity index (χ2n) is 3.87. The Morgan fingerprint density at radius 3 is 2.82 bits per heavy atom. The van der Waals surface area contributed by atoms with Gasteiger partial charge in [0.1, 0.15) is 11.6 Å². The van der Waals surface area contributed by atoms with Gasteiger partial charge in [0.05, 0.1) is 13.7 Å². The van der Waals surface area contributed by atoms with E-state index < -0.39 is 0 Å². The number of para-hydroxylation sites is 1. The number of hydrogen-bond acceptors (Lipinski definition) is 3. The number of aryl methyl sites for hydroxylation is 1. The zero-order chi connectivity index (χ0) is 12.1. The number of nitrogens with zero attached hydrogens (tertiary/aromatic N) is 2. The Hall–Kier alpha value is -1.81. The first-order valence-electron chi connectivity index (χ1n) is 5.60. The van der Waals surface area contributed by atoms with Crippen molar-refractivity contribution in [1.29, 1.82) is 0 Å². The van der Waals surface area contributed by atoms with E-state index in [9.17, 15) is 0 Å². The molecule has 0 aliphatic rings. The Balaban J connectivity index is 1.92. The van der Waals surface area contributed by atoms with Crippen molar-refractivity contribution in [2.24, 2.45) is 7.05 Å². The van der Waals surface area contributed by atoms with Gasteiger partial charge in [-0.2, -0.15) is 0 Å². The van der Waals surface area contributed by atoms with Crippen molar-refractivity contribution in [2.75, 3.05) is 7.11 Å². The molecule has 1 aromatic carbocycles. The summed E-state index contributed by atoms with van der Waals surface area (Å²) in [4.78, 5) is 4.26. The lowest BCUT2D eigenvalue weighted by Crippen LogP contribution is -2.16. The van der Waals surface area contributed by atoms with Crippen molar-refractivity contribution in [2.45, 2.75) is 13.1 Å². The molecule has 2 rings (SSSR count). The highest BCUT2D eigenvalue weighted by Gasteiger charge is 2.02. The Morgan fingerprint density at radius 1 is 1.29 bits per heavy atom.